The highest BCUT2D eigenvalue weighted by Crippen LogP contribution is 2.39. The van der Waals surface area contributed by atoms with Crippen molar-refractivity contribution in [2.75, 3.05) is 13.2 Å². The maximum Gasteiger partial charge on any atom is 0.127 e. The average Bonchev–Trinajstić information content (AvgIpc) is 2.66. The number of hydrogen-bond acceptors (Lipinski definition) is 2. The van der Waals surface area contributed by atoms with Crippen LogP contribution in [0.5, 0.6) is 0 Å². The van der Waals surface area contributed by atoms with E-state index in [0.717, 1.165) is 6.42 Å². The van der Waals surface area contributed by atoms with Gasteiger partial charge in [-0.3, -0.25) is 0 Å². The van der Waals surface area contributed by atoms with Crippen molar-refractivity contribution in [3.8, 4) is 0 Å². The van der Waals surface area contributed by atoms with Gasteiger partial charge in [-0.1, -0.05) is 17.7 Å². The summed E-state index contributed by atoms with van der Waals surface area (Å²) in [6.45, 7) is 3.16. The molecule has 0 amide bonds. The van der Waals surface area contributed by atoms with Gasteiger partial charge in [0.2, 0.25) is 0 Å². The molecule has 0 saturated carbocycles. The van der Waals surface area contributed by atoms with E-state index < -0.39 is 0 Å². The third kappa shape index (κ3) is 2.32. The van der Waals surface area contributed by atoms with E-state index in [9.17, 15) is 4.39 Å². The molecule has 2 unspecified atom stereocenters. The summed E-state index contributed by atoms with van der Waals surface area (Å²) in [7, 11) is 0. The van der Waals surface area contributed by atoms with Gasteiger partial charge in [0.1, 0.15) is 5.82 Å². The van der Waals surface area contributed by atoms with Crippen LogP contribution in [0.2, 0.25) is 5.02 Å². The van der Waals surface area contributed by atoms with Crippen LogP contribution in [0, 0.1) is 11.2 Å². The Balaban J connectivity index is 2.30. The fourth-order valence-electron chi connectivity index (χ4n) is 2.44. The van der Waals surface area contributed by atoms with E-state index in [-0.39, 0.29) is 17.3 Å². The molecule has 2 rings (SSSR count). The van der Waals surface area contributed by atoms with Crippen molar-refractivity contribution >= 4 is 11.6 Å². The quantitative estimate of drug-likeness (QED) is 0.904. The zero-order valence-electron chi connectivity index (χ0n) is 9.88. The van der Waals surface area contributed by atoms with Gasteiger partial charge in [0, 0.05) is 29.2 Å². The number of rotatable bonds is 3. The molecule has 0 spiro atoms. The monoisotopic (exact) mass is 257 g/mol. The first-order chi connectivity index (χ1) is 8.09. The second kappa shape index (κ2) is 4.92. The predicted molar refractivity (Wildman–Crippen MR) is 66.6 cm³/mol. The Kier molecular flexibility index (Phi) is 3.71. The van der Waals surface area contributed by atoms with Crippen molar-refractivity contribution in [3.63, 3.8) is 0 Å². The summed E-state index contributed by atoms with van der Waals surface area (Å²) in [5, 5.41) is 0.469. The topological polar surface area (TPSA) is 35.2 Å². The average molecular weight is 258 g/mol. The van der Waals surface area contributed by atoms with Crippen LogP contribution >= 0.6 is 11.6 Å². The van der Waals surface area contributed by atoms with Crippen LogP contribution in [0.25, 0.3) is 0 Å². The second-order valence-electron chi connectivity index (χ2n) is 4.71. The van der Waals surface area contributed by atoms with Crippen LogP contribution in [0.3, 0.4) is 0 Å². The normalized spacial score (nSPS) is 28.6. The first kappa shape index (κ1) is 12.8. The molecule has 2 nitrogen and oxygen atoms in total. The lowest BCUT2D eigenvalue weighted by Gasteiger charge is -2.31. The van der Waals surface area contributed by atoms with Gasteiger partial charge in [-0.05, 0) is 31.9 Å². The van der Waals surface area contributed by atoms with Crippen molar-refractivity contribution in [1.29, 1.82) is 0 Å². The molecule has 0 radical (unpaired) electrons. The number of benzene rings is 1. The molecule has 0 aromatic heterocycles. The lowest BCUT2D eigenvalue weighted by molar-refractivity contribution is 0.0670. The van der Waals surface area contributed by atoms with Crippen LogP contribution < -0.4 is 5.73 Å². The van der Waals surface area contributed by atoms with Gasteiger partial charge >= 0.3 is 0 Å². The molecule has 1 fully saturated rings. The van der Waals surface area contributed by atoms with Gasteiger partial charge in [-0.15, -0.1) is 0 Å². The first-order valence-corrected chi connectivity index (χ1v) is 6.21. The summed E-state index contributed by atoms with van der Waals surface area (Å²) in [6.07, 6.45) is 1.44. The van der Waals surface area contributed by atoms with E-state index in [1.54, 1.807) is 12.1 Å². The Bertz CT molecular complexity index is 392. The number of nitrogens with two attached hydrogens (primary N) is 1. The van der Waals surface area contributed by atoms with E-state index in [1.165, 1.54) is 6.07 Å². The summed E-state index contributed by atoms with van der Waals surface area (Å²) < 4.78 is 19.3. The van der Waals surface area contributed by atoms with E-state index in [4.69, 9.17) is 22.1 Å². The molecule has 1 aliphatic heterocycles. The minimum absolute atomic E-state index is 0.0446. The van der Waals surface area contributed by atoms with E-state index in [0.29, 0.717) is 30.2 Å². The maximum atomic E-state index is 13.8. The summed E-state index contributed by atoms with van der Waals surface area (Å²) in [5.74, 6) is -0.260. The van der Waals surface area contributed by atoms with Crippen LogP contribution in [0.4, 0.5) is 4.39 Å². The summed E-state index contributed by atoms with van der Waals surface area (Å²) in [5.41, 5.74) is 6.23. The van der Waals surface area contributed by atoms with Gasteiger partial charge in [-0.2, -0.15) is 0 Å². The zero-order valence-corrected chi connectivity index (χ0v) is 10.6. The molecule has 4 heteroatoms. The third-order valence-corrected chi connectivity index (χ3v) is 4.18. The largest absolute Gasteiger partial charge is 0.378 e. The highest BCUT2D eigenvalue weighted by molar-refractivity contribution is 6.31. The zero-order chi connectivity index (χ0) is 12.5. The van der Waals surface area contributed by atoms with E-state index in [2.05, 4.69) is 0 Å². The second-order valence-corrected chi connectivity index (χ2v) is 5.11. The van der Waals surface area contributed by atoms with Gasteiger partial charge in [0.15, 0.2) is 0 Å². The minimum Gasteiger partial charge on any atom is -0.378 e. The van der Waals surface area contributed by atoms with Crippen LogP contribution in [-0.4, -0.2) is 19.3 Å². The molecular formula is C13H17ClFNO. The minimum atomic E-state index is -0.260. The van der Waals surface area contributed by atoms with Crippen LogP contribution in [-0.2, 0) is 11.2 Å². The SMILES string of the molecule is CC1OCCC1(CN)Cc1c(F)cccc1Cl. The van der Waals surface area contributed by atoms with Crippen molar-refractivity contribution in [1.82, 2.24) is 0 Å². The maximum absolute atomic E-state index is 13.8. The number of hydrogen-bond donors (Lipinski definition) is 1. The van der Waals surface area contributed by atoms with Crippen LogP contribution in [0.15, 0.2) is 18.2 Å². The highest BCUT2D eigenvalue weighted by Gasteiger charge is 2.41. The number of halogens is 2. The van der Waals surface area contributed by atoms with Gasteiger partial charge < -0.3 is 10.5 Å². The summed E-state index contributed by atoms with van der Waals surface area (Å²) in [4.78, 5) is 0. The molecule has 0 bridgehead atoms. The van der Waals surface area contributed by atoms with Crippen molar-refractivity contribution in [3.05, 3.63) is 34.6 Å². The summed E-state index contributed by atoms with van der Waals surface area (Å²) >= 11 is 6.05. The van der Waals surface area contributed by atoms with Gasteiger partial charge in [0.25, 0.3) is 0 Å². The summed E-state index contributed by atoms with van der Waals surface area (Å²) in [6, 6.07) is 4.77. The molecule has 2 atom stereocenters. The molecule has 94 valence electrons. The predicted octanol–water partition coefficient (Wildman–Crippen LogP) is 2.78. The molecule has 1 aromatic rings. The van der Waals surface area contributed by atoms with Crippen molar-refractivity contribution < 1.29 is 9.13 Å². The smallest absolute Gasteiger partial charge is 0.127 e. The fraction of sp³-hybridized carbons (Fsp3) is 0.538. The molecule has 1 heterocycles. The van der Waals surface area contributed by atoms with Gasteiger partial charge in [0.05, 0.1) is 6.10 Å². The lowest BCUT2D eigenvalue weighted by Crippen LogP contribution is -2.39. The molecule has 1 saturated heterocycles. The van der Waals surface area contributed by atoms with Crippen LogP contribution in [0.1, 0.15) is 18.9 Å². The van der Waals surface area contributed by atoms with E-state index in [1.807, 2.05) is 6.92 Å². The molecule has 2 N–H and O–H groups in total. The Morgan fingerprint density at radius 2 is 2.35 bits per heavy atom. The Hall–Kier alpha value is -0.640. The number of ether oxygens (including phenoxy) is 1. The fourth-order valence-corrected chi connectivity index (χ4v) is 2.67. The molecule has 0 aliphatic carbocycles. The Morgan fingerprint density at radius 3 is 2.88 bits per heavy atom. The molecular weight excluding hydrogens is 241 g/mol. The third-order valence-electron chi connectivity index (χ3n) is 3.83. The Morgan fingerprint density at radius 1 is 1.59 bits per heavy atom. The van der Waals surface area contributed by atoms with Gasteiger partial charge in [-0.25, -0.2) is 4.39 Å². The molecule has 17 heavy (non-hydrogen) atoms. The molecule has 1 aliphatic rings. The highest BCUT2D eigenvalue weighted by atomic mass is 35.5. The molecule has 1 aromatic carbocycles. The first-order valence-electron chi connectivity index (χ1n) is 5.83. The van der Waals surface area contributed by atoms with E-state index >= 15 is 0 Å². The van der Waals surface area contributed by atoms with Crippen molar-refractivity contribution in [2.45, 2.75) is 25.9 Å². The lowest BCUT2D eigenvalue weighted by atomic mass is 9.76. The van der Waals surface area contributed by atoms with Crippen molar-refractivity contribution in [2.24, 2.45) is 11.1 Å². The standard InChI is InChI=1S/C13H17ClFNO/c1-9-13(8-16,5-6-17-9)7-10-11(14)3-2-4-12(10)15/h2-4,9H,5-8,16H2,1H3. The Labute approximate surface area is 106 Å².